The van der Waals surface area contributed by atoms with Gasteiger partial charge >= 0.3 is 5.97 Å². The maximum Gasteiger partial charge on any atom is 0.320 e. The molecule has 0 aromatic heterocycles. The Morgan fingerprint density at radius 2 is 2.44 bits per heavy atom. The second-order valence-electron chi connectivity index (χ2n) is 1.73. The van der Waals surface area contributed by atoms with E-state index in [1.54, 1.807) is 11.8 Å². The molecular formula is C5H11NO2S. The van der Waals surface area contributed by atoms with Crippen LogP contribution >= 0.6 is 11.8 Å². The van der Waals surface area contributed by atoms with Gasteiger partial charge in [0, 0.05) is 0 Å². The molecule has 0 aromatic carbocycles. The van der Waals surface area contributed by atoms with Crippen LogP contribution in [0.3, 0.4) is 0 Å². The second kappa shape index (κ2) is 4.64. The van der Waals surface area contributed by atoms with E-state index in [1.807, 2.05) is 6.26 Å². The molecule has 54 valence electrons. The van der Waals surface area contributed by atoms with E-state index in [9.17, 15) is 4.79 Å². The molecule has 3 nitrogen and oxygen atoms in total. The summed E-state index contributed by atoms with van der Waals surface area (Å²) in [4.78, 5) is 10.1. The van der Waals surface area contributed by atoms with Crippen LogP contribution in [-0.2, 0) is 4.79 Å². The van der Waals surface area contributed by atoms with E-state index in [1.165, 1.54) is 0 Å². The van der Waals surface area contributed by atoms with Gasteiger partial charge in [-0.3, -0.25) is 4.79 Å². The topological polar surface area (TPSA) is 63.3 Å². The summed E-state index contributed by atoms with van der Waals surface area (Å²) in [7, 11) is 0. The standard InChI is InChI=1S/C5H11NO2S/c1-9-3-2-4(6)5(7)8/h4H,2-3,6H2,1H3,(H,7,8)/t4-/m1/s1/i1-1. The van der Waals surface area contributed by atoms with Gasteiger partial charge in [-0.25, -0.2) is 0 Å². The van der Waals surface area contributed by atoms with E-state index in [2.05, 4.69) is 0 Å². The van der Waals surface area contributed by atoms with Crippen LogP contribution in [0.4, 0.5) is 0 Å². The van der Waals surface area contributed by atoms with Crippen molar-refractivity contribution in [1.82, 2.24) is 0 Å². The Kier molecular flexibility index (Phi) is 4.53. The van der Waals surface area contributed by atoms with E-state index < -0.39 is 12.0 Å². The lowest BCUT2D eigenvalue weighted by Crippen LogP contribution is -2.30. The summed E-state index contributed by atoms with van der Waals surface area (Å²) in [6.07, 6.45) is 2.48. The zero-order chi connectivity index (χ0) is 7.28. The summed E-state index contributed by atoms with van der Waals surface area (Å²) >= 11 is 1.60. The zero-order valence-electron chi connectivity index (χ0n) is 5.33. The van der Waals surface area contributed by atoms with Crippen molar-refractivity contribution < 1.29 is 9.90 Å². The van der Waals surface area contributed by atoms with Gasteiger partial charge in [-0.1, -0.05) is 0 Å². The molecule has 0 spiro atoms. The molecule has 9 heavy (non-hydrogen) atoms. The molecule has 1 atom stereocenters. The summed E-state index contributed by atoms with van der Waals surface area (Å²) < 4.78 is 0. The molecule has 0 rings (SSSR count). The molecular weight excluding hydrogens is 137 g/mol. The minimum absolute atomic E-state index is 0.552. The number of carboxylic acid groups (broad SMARTS) is 1. The van der Waals surface area contributed by atoms with Crippen LogP contribution in [0.2, 0.25) is 0 Å². The van der Waals surface area contributed by atoms with Crippen molar-refractivity contribution in [3.8, 4) is 0 Å². The number of carbonyl (C=O) groups is 1. The number of rotatable bonds is 4. The van der Waals surface area contributed by atoms with Gasteiger partial charge in [0.1, 0.15) is 6.04 Å². The molecule has 0 fully saturated rings. The molecule has 3 N–H and O–H groups in total. The summed E-state index contributed by atoms with van der Waals surface area (Å²) in [5.41, 5.74) is 5.19. The van der Waals surface area contributed by atoms with E-state index in [4.69, 9.17) is 10.8 Å². The molecule has 0 amide bonds. The Balaban J connectivity index is 3.27. The zero-order valence-corrected chi connectivity index (χ0v) is 6.15. The SMILES string of the molecule is [11CH3]SCC[C@@H](N)C(=O)O. The van der Waals surface area contributed by atoms with Crippen LogP contribution in [0.5, 0.6) is 0 Å². The van der Waals surface area contributed by atoms with Crippen LogP contribution < -0.4 is 5.73 Å². The summed E-state index contributed by atoms with van der Waals surface area (Å²) in [5, 5.41) is 8.27. The average molecular weight is 148 g/mol. The molecule has 0 bridgehead atoms. The Hall–Kier alpha value is -0.220. The first kappa shape index (κ1) is 8.78. The maximum absolute atomic E-state index is 10.1. The second-order valence-corrected chi connectivity index (χ2v) is 2.71. The molecule has 0 aliphatic heterocycles. The smallest absolute Gasteiger partial charge is 0.320 e. The minimum Gasteiger partial charge on any atom is -0.480 e. The minimum atomic E-state index is -0.913. The Morgan fingerprint density at radius 1 is 1.89 bits per heavy atom. The molecule has 0 heterocycles. The predicted molar refractivity (Wildman–Crippen MR) is 38.6 cm³/mol. The van der Waals surface area contributed by atoms with Crippen LogP contribution in [0, 0.1) is 0 Å². The monoisotopic (exact) mass is 148 g/mol. The number of hydrogen-bond donors (Lipinski definition) is 2. The highest BCUT2D eigenvalue weighted by Crippen LogP contribution is 1.97. The molecule has 0 aliphatic carbocycles. The number of thioether (sulfide) groups is 1. The third-order valence-electron chi connectivity index (χ3n) is 0.950. The van der Waals surface area contributed by atoms with Gasteiger partial charge in [0.15, 0.2) is 0 Å². The van der Waals surface area contributed by atoms with Crippen LogP contribution in [-0.4, -0.2) is 29.1 Å². The number of hydrogen-bond acceptors (Lipinski definition) is 3. The van der Waals surface area contributed by atoms with E-state index in [-0.39, 0.29) is 0 Å². The quantitative estimate of drug-likeness (QED) is 0.595. The van der Waals surface area contributed by atoms with Crippen molar-refractivity contribution in [3.63, 3.8) is 0 Å². The fourth-order valence-electron chi connectivity index (χ4n) is 0.368. The lowest BCUT2D eigenvalue weighted by atomic mass is 10.2. The number of nitrogens with two attached hydrogens (primary N) is 1. The van der Waals surface area contributed by atoms with Crippen LogP contribution in [0.1, 0.15) is 6.42 Å². The van der Waals surface area contributed by atoms with E-state index in [0.717, 1.165) is 5.75 Å². The summed E-state index contributed by atoms with van der Waals surface area (Å²) in [5.74, 6) is -0.1000. The fourth-order valence-corrected chi connectivity index (χ4v) is 0.858. The van der Waals surface area contributed by atoms with Crippen LogP contribution in [0.25, 0.3) is 0 Å². The average Bonchev–Trinajstić information content (AvgIpc) is 1.82. The highest BCUT2D eigenvalue weighted by atomic mass is 32.2. The molecule has 0 saturated carbocycles. The molecule has 0 unspecified atom stereocenters. The van der Waals surface area contributed by atoms with Gasteiger partial charge in [-0.05, 0) is 18.4 Å². The van der Waals surface area contributed by atoms with E-state index in [0.29, 0.717) is 6.42 Å². The first-order chi connectivity index (χ1) is 4.18. The van der Waals surface area contributed by atoms with Gasteiger partial charge < -0.3 is 10.8 Å². The van der Waals surface area contributed by atoms with Gasteiger partial charge in [0.25, 0.3) is 0 Å². The molecule has 0 aliphatic rings. The molecule has 0 saturated heterocycles. The maximum atomic E-state index is 10.1. The highest BCUT2D eigenvalue weighted by molar-refractivity contribution is 7.98. The lowest BCUT2D eigenvalue weighted by molar-refractivity contribution is -0.138. The molecule has 0 aromatic rings. The van der Waals surface area contributed by atoms with Crippen molar-refractivity contribution in [2.75, 3.05) is 12.0 Å². The Labute approximate surface area is 58.6 Å². The summed E-state index contributed by atoms with van der Waals surface area (Å²) in [6.45, 7) is 0. The van der Waals surface area contributed by atoms with Gasteiger partial charge in [0.2, 0.25) is 0 Å². The highest BCUT2D eigenvalue weighted by Gasteiger charge is 2.08. The normalized spacial score (nSPS) is 13.1. The first-order valence-electron chi connectivity index (χ1n) is 2.65. The van der Waals surface area contributed by atoms with Crippen molar-refractivity contribution in [1.29, 1.82) is 0 Å². The third kappa shape index (κ3) is 4.29. The van der Waals surface area contributed by atoms with Gasteiger partial charge in [-0.15, -0.1) is 0 Å². The lowest BCUT2D eigenvalue weighted by Gasteiger charge is -2.02. The van der Waals surface area contributed by atoms with Crippen molar-refractivity contribution in [3.05, 3.63) is 0 Å². The first-order valence-corrected chi connectivity index (χ1v) is 4.05. The Morgan fingerprint density at radius 3 is 2.78 bits per heavy atom. The molecule has 0 radical (unpaired) electrons. The van der Waals surface area contributed by atoms with Crippen molar-refractivity contribution >= 4 is 17.7 Å². The van der Waals surface area contributed by atoms with E-state index >= 15 is 0 Å². The number of aliphatic carboxylic acids is 1. The Bertz CT molecular complexity index is 97.0. The van der Waals surface area contributed by atoms with Gasteiger partial charge in [-0.2, -0.15) is 11.8 Å². The molecule has 4 heteroatoms. The van der Waals surface area contributed by atoms with Crippen LogP contribution in [0.15, 0.2) is 0 Å². The predicted octanol–water partition coefficient (Wildman–Crippen LogP) is 0.151. The number of carboxylic acids is 1. The largest absolute Gasteiger partial charge is 0.480 e. The fraction of sp³-hybridized carbons (Fsp3) is 0.800. The summed E-state index contributed by atoms with van der Waals surface area (Å²) in [6, 6.07) is -0.683. The van der Waals surface area contributed by atoms with Crippen molar-refractivity contribution in [2.45, 2.75) is 12.5 Å². The third-order valence-corrected chi connectivity index (χ3v) is 1.59. The van der Waals surface area contributed by atoms with Gasteiger partial charge in [0.05, 0.1) is 0 Å². The van der Waals surface area contributed by atoms with Crippen molar-refractivity contribution in [2.24, 2.45) is 5.73 Å².